The number of ether oxygens (including phenoxy) is 1. The van der Waals surface area contributed by atoms with Crippen molar-refractivity contribution in [1.29, 1.82) is 0 Å². The van der Waals surface area contributed by atoms with Gasteiger partial charge in [-0.3, -0.25) is 9.10 Å². The molecule has 0 saturated carbocycles. The first-order chi connectivity index (χ1) is 16.9. The molecule has 1 N–H and O–H groups in total. The fraction of sp³-hybridized carbons (Fsp3) is 0.321. The Kier molecular flexibility index (Phi) is 7.76. The lowest BCUT2D eigenvalue weighted by Gasteiger charge is -2.26. The van der Waals surface area contributed by atoms with Crippen LogP contribution < -0.4 is 14.4 Å². The third-order valence-corrected chi connectivity index (χ3v) is 8.29. The molecule has 0 radical (unpaired) electrons. The molecule has 0 bridgehead atoms. The number of carbonyl (C=O) groups excluding carboxylic acids is 1. The summed E-state index contributed by atoms with van der Waals surface area (Å²) in [5, 5.41) is 3.07. The molecule has 0 spiro atoms. The summed E-state index contributed by atoms with van der Waals surface area (Å²) in [5.41, 5.74) is 4.20. The highest BCUT2D eigenvalue weighted by atomic mass is 32.2. The van der Waals surface area contributed by atoms with Gasteiger partial charge >= 0.3 is 0 Å². The van der Waals surface area contributed by atoms with Gasteiger partial charge in [-0.2, -0.15) is 0 Å². The van der Waals surface area contributed by atoms with Gasteiger partial charge in [-0.05, 0) is 85.2 Å². The number of hydrogen-bond donors (Lipinski definition) is 1. The Hall–Kier alpha value is -3.32. The molecule has 1 atom stereocenters. The zero-order chi connectivity index (χ0) is 24.8. The summed E-state index contributed by atoms with van der Waals surface area (Å²) in [6.45, 7) is 1.69. The molecule has 0 aliphatic heterocycles. The summed E-state index contributed by atoms with van der Waals surface area (Å²) in [7, 11) is -2.41. The minimum absolute atomic E-state index is 0.130. The minimum atomic E-state index is -3.96. The Bertz CT molecular complexity index is 1260. The predicted octanol–water partition coefficient (Wildman–Crippen LogP) is 5.04. The molecule has 0 heterocycles. The van der Waals surface area contributed by atoms with E-state index in [1.54, 1.807) is 49.6 Å². The van der Waals surface area contributed by atoms with Gasteiger partial charge in [-0.15, -0.1) is 0 Å². The fourth-order valence-corrected chi connectivity index (χ4v) is 5.99. The number of aryl methyl sites for hydroxylation is 2. The molecule has 7 heteroatoms. The second-order valence-electron chi connectivity index (χ2n) is 8.79. The van der Waals surface area contributed by atoms with Crippen molar-refractivity contribution in [3.63, 3.8) is 0 Å². The SMILES string of the molecule is CC[C@@H](NC(=O)CN(c1ccc(OC)cc1)S(=O)(=O)c1ccccc1)c1ccc2c(c1)CCCC2. The molecule has 3 aromatic carbocycles. The van der Waals surface area contributed by atoms with Crippen LogP contribution in [0, 0.1) is 0 Å². The van der Waals surface area contributed by atoms with Gasteiger partial charge in [0.05, 0.1) is 23.7 Å². The van der Waals surface area contributed by atoms with Gasteiger partial charge in [0.15, 0.2) is 0 Å². The van der Waals surface area contributed by atoms with Crippen LogP contribution in [-0.2, 0) is 27.7 Å². The Balaban J connectivity index is 1.59. The first-order valence-corrected chi connectivity index (χ1v) is 13.5. The van der Waals surface area contributed by atoms with E-state index in [0.29, 0.717) is 17.9 Å². The largest absolute Gasteiger partial charge is 0.497 e. The van der Waals surface area contributed by atoms with E-state index >= 15 is 0 Å². The average Bonchev–Trinajstić information content (AvgIpc) is 2.90. The number of carbonyl (C=O) groups is 1. The number of nitrogens with one attached hydrogen (secondary N) is 1. The van der Waals surface area contributed by atoms with Crippen LogP contribution in [0.15, 0.2) is 77.7 Å². The molecule has 0 fully saturated rings. The maximum atomic E-state index is 13.5. The average molecular weight is 493 g/mol. The summed E-state index contributed by atoms with van der Waals surface area (Å²) in [5.74, 6) is 0.249. The molecule has 35 heavy (non-hydrogen) atoms. The Morgan fingerprint density at radius 3 is 2.31 bits per heavy atom. The molecule has 6 nitrogen and oxygen atoms in total. The maximum absolute atomic E-state index is 13.5. The molecule has 0 unspecified atom stereocenters. The van der Waals surface area contributed by atoms with Gasteiger partial charge in [-0.25, -0.2) is 8.42 Å². The van der Waals surface area contributed by atoms with Crippen molar-refractivity contribution in [2.45, 2.75) is 50.0 Å². The van der Waals surface area contributed by atoms with E-state index < -0.39 is 10.0 Å². The zero-order valence-electron chi connectivity index (χ0n) is 20.2. The summed E-state index contributed by atoms with van der Waals surface area (Å²) >= 11 is 0. The quantitative estimate of drug-likeness (QED) is 0.454. The number of fused-ring (bicyclic) bond motifs is 1. The van der Waals surface area contributed by atoms with Crippen LogP contribution in [-0.4, -0.2) is 28.0 Å². The Labute approximate surface area is 208 Å². The molecule has 1 aliphatic carbocycles. The van der Waals surface area contributed by atoms with E-state index in [1.165, 1.54) is 36.1 Å². The molecule has 0 aromatic heterocycles. The van der Waals surface area contributed by atoms with Crippen LogP contribution in [0.25, 0.3) is 0 Å². The van der Waals surface area contributed by atoms with Crippen LogP contribution in [0.3, 0.4) is 0 Å². The Morgan fingerprint density at radius 1 is 0.971 bits per heavy atom. The maximum Gasteiger partial charge on any atom is 0.264 e. The molecular weight excluding hydrogens is 460 g/mol. The predicted molar refractivity (Wildman–Crippen MR) is 138 cm³/mol. The third-order valence-electron chi connectivity index (χ3n) is 6.50. The molecule has 0 saturated heterocycles. The summed E-state index contributed by atoms with van der Waals surface area (Å²) < 4.78 is 33.4. The molecule has 1 amide bonds. The Morgan fingerprint density at radius 2 is 1.66 bits per heavy atom. The first-order valence-electron chi connectivity index (χ1n) is 12.0. The second-order valence-corrected chi connectivity index (χ2v) is 10.6. The highest BCUT2D eigenvalue weighted by Gasteiger charge is 2.28. The summed E-state index contributed by atoms with van der Waals surface area (Å²) in [4.78, 5) is 13.3. The molecule has 3 aromatic rings. The zero-order valence-corrected chi connectivity index (χ0v) is 21.1. The fourth-order valence-electron chi connectivity index (χ4n) is 4.54. The number of rotatable bonds is 9. The summed E-state index contributed by atoms with van der Waals surface area (Å²) in [6, 6.07) is 21.1. The number of sulfonamides is 1. The molecule has 1 aliphatic rings. The monoisotopic (exact) mass is 492 g/mol. The van der Waals surface area contributed by atoms with Crippen molar-refractivity contribution in [3.05, 3.63) is 89.5 Å². The van der Waals surface area contributed by atoms with Crippen molar-refractivity contribution >= 4 is 21.6 Å². The smallest absolute Gasteiger partial charge is 0.264 e. The van der Waals surface area contributed by atoms with E-state index in [4.69, 9.17) is 4.74 Å². The van der Waals surface area contributed by atoms with Crippen LogP contribution >= 0.6 is 0 Å². The molecule has 4 rings (SSSR count). The van der Waals surface area contributed by atoms with E-state index in [1.807, 2.05) is 6.92 Å². The van der Waals surface area contributed by atoms with Gasteiger partial charge in [0.1, 0.15) is 12.3 Å². The van der Waals surface area contributed by atoms with Crippen LogP contribution in [0.5, 0.6) is 5.75 Å². The second kappa shape index (κ2) is 11.0. The first kappa shape index (κ1) is 24.8. The van der Waals surface area contributed by atoms with E-state index in [-0.39, 0.29) is 23.4 Å². The highest BCUT2D eigenvalue weighted by Crippen LogP contribution is 2.28. The van der Waals surface area contributed by atoms with Crippen molar-refractivity contribution in [3.8, 4) is 5.75 Å². The topological polar surface area (TPSA) is 75.7 Å². The molecule has 184 valence electrons. The van der Waals surface area contributed by atoms with Gasteiger partial charge in [0.2, 0.25) is 5.91 Å². The van der Waals surface area contributed by atoms with E-state index in [9.17, 15) is 13.2 Å². The normalized spacial score (nSPS) is 14.0. The number of hydrogen-bond acceptors (Lipinski definition) is 4. The van der Waals surface area contributed by atoms with Crippen LogP contribution in [0.1, 0.15) is 48.9 Å². The van der Waals surface area contributed by atoms with Gasteiger partial charge in [-0.1, -0.05) is 43.3 Å². The molecular formula is C28H32N2O4S. The minimum Gasteiger partial charge on any atom is -0.497 e. The number of amides is 1. The highest BCUT2D eigenvalue weighted by molar-refractivity contribution is 7.92. The van der Waals surface area contributed by atoms with E-state index in [2.05, 4.69) is 23.5 Å². The number of benzene rings is 3. The number of nitrogens with zero attached hydrogens (tertiary/aromatic N) is 1. The lowest BCUT2D eigenvalue weighted by atomic mass is 9.89. The van der Waals surface area contributed by atoms with Crippen LogP contribution in [0.2, 0.25) is 0 Å². The van der Waals surface area contributed by atoms with Crippen molar-refractivity contribution in [1.82, 2.24) is 5.32 Å². The van der Waals surface area contributed by atoms with Crippen LogP contribution in [0.4, 0.5) is 5.69 Å². The number of methoxy groups -OCH3 is 1. The lowest BCUT2D eigenvalue weighted by Crippen LogP contribution is -2.42. The standard InChI is InChI=1S/C28H32N2O4S/c1-3-27(23-14-13-21-9-7-8-10-22(21)19-23)29-28(31)20-30(24-15-17-25(34-2)18-16-24)35(32,33)26-11-5-4-6-12-26/h4-6,11-19,27H,3,7-10,20H2,1-2H3,(H,29,31)/t27-/m1/s1. The van der Waals surface area contributed by atoms with Gasteiger partial charge in [0, 0.05) is 0 Å². The lowest BCUT2D eigenvalue weighted by molar-refractivity contribution is -0.120. The van der Waals surface area contributed by atoms with Gasteiger partial charge in [0.25, 0.3) is 10.0 Å². The van der Waals surface area contributed by atoms with Gasteiger partial charge < -0.3 is 10.1 Å². The third kappa shape index (κ3) is 5.68. The van der Waals surface area contributed by atoms with E-state index in [0.717, 1.165) is 22.7 Å². The van der Waals surface area contributed by atoms with Crippen molar-refractivity contribution in [2.24, 2.45) is 0 Å². The summed E-state index contributed by atoms with van der Waals surface area (Å²) in [6.07, 6.45) is 5.28. The van der Waals surface area contributed by atoms with Crippen molar-refractivity contribution < 1.29 is 17.9 Å². The van der Waals surface area contributed by atoms with Crippen molar-refractivity contribution in [2.75, 3.05) is 18.0 Å². The number of anilines is 1.